The molecule has 0 aliphatic heterocycles. The predicted octanol–water partition coefficient (Wildman–Crippen LogP) is 3.66. The predicted molar refractivity (Wildman–Crippen MR) is 102 cm³/mol. The Kier molecular flexibility index (Phi) is 6.17. The van der Waals surface area contributed by atoms with Crippen molar-refractivity contribution in [1.82, 2.24) is 5.32 Å². The fraction of sp³-hybridized carbons (Fsp3) is 0.300. The molecule has 2 rings (SSSR count). The van der Waals surface area contributed by atoms with Crippen molar-refractivity contribution in [2.45, 2.75) is 32.7 Å². The molecule has 0 heterocycles. The minimum absolute atomic E-state index is 0.106. The Hall–Kier alpha value is -2.82. The number of hydrogen-bond acceptors (Lipinski definition) is 3. The second kappa shape index (κ2) is 8.33. The molecule has 0 unspecified atom stereocenters. The summed E-state index contributed by atoms with van der Waals surface area (Å²) in [6.45, 7) is 6.09. The quantitative estimate of drug-likeness (QED) is 0.721. The summed E-state index contributed by atoms with van der Waals surface area (Å²) in [4.78, 5) is 24.6. The molecule has 0 fully saturated rings. The smallest absolute Gasteiger partial charge is 0.257 e. The van der Waals surface area contributed by atoms with Crippen LogP contribution in [0, 0.1) is 0 Å². The zero-order valence-corrected chi connectivity index (χ0v) is 14.9. The van der Waals surface area contributed by atoms with E-state index in [-0.39, 0.29) is 23.9 Å². The lowest BCUT2D eigenvalue weighted by Crippen LogP contribution is -2.45. The molecular weight excluding hydrogens is 314 g/mol. The Morgan fingerprint density at radius 1 is 0.960 bits per heavy atom. The second-order valence-corrected chi connectivity index (χ2v) is 6.50. The molecule has 2 aromatic carbocycles. The Bertz CT molecular complexity index is 727. The number of carbonyl (C=O) groups excluding carboxylic acids is 2. The number of rotatable bonds is 7. The molecule has 0 saturated carbocycles. The first-order chi connectivity index (χ1) is 11.9. The zero-order chi connectivity index (χ0) is 18.3. The highest BCUT2D eigenvalue weighted by Crippen LogP contribution is 2.17. The van der Waals surface area contributed by atoms with Crippen molar-refractivity contribution < 1.29 is 9.59 Å². The van der Waals surface area contributed by atoms with Gasteiger partial charge in [0, 0.05) is 16.9 Å². The van der Waals surface area contributed by atoms with E-state index < -0.39 is 0 Å². The largest absolute Gasteiger partial charge is 0.376 e. The van der Waals surface area contributed by atoms with E-state index in [1.165, 1.54) is 0 Å². The Balaban J connectivity index is 2.03. The van der Waals surface area contributed by atoms with Crippen LogP contribution in [0.2, 0.25) is 0 Å². The van der Waals surface area contributed by atoms with Gasteiger partial charge in [0.15, 0.2) is 0 Å². The van der Waals surface area contributed by atoms with Crippen LogP contribution in [0.15, 0.2) is 54.6 Å². The van der Waals surface area contributed by atoms with E-state index in [0.717, 1.165) is 12.1 Å². The lowest BCUT2D eigenvalue weighted by atomic mass is 10.0. The van der Waals surface area contributed by atoms with Crippen LogP contribution < -0.4 is 16.0 Å². The van der Waals surface area contributed by atoms with Crippen LogP contribution in [0.1, 0.15) is 37.6 Å². The molecule has 5 heteroatoms. The summed E-state index contributed by atoms with van der Waals surface area (Å²) >= 11 is 0. The number of para-hydroxylation sites is 2. The normalized spacial score (nSPS) is 10.8. The molecular formula is C20H25N3O2. The molecule has 0 aliphatic carbocycles. The molecule has 0 bridgehead atoms. The van der Waals surface area contributed by atoms with Gasteiger partial charge in [0.05, 0.1) is 12.1 Å². The average molecular weight is 339 g/mol. The van der Waals surface area contributed by atoms with Gasteiger partial charge in [-0.3, -0.25) is 9.59 Å². The first-order valence-electron chi connectivity index (χ1n) is 8.41. The maximum Gasteiger partial charge on any atom is 0.257 e. The number of hydrogen-bond donors (Lipinski definition) is 3. The molecule has 2 aromatic rings. The van der Waals surface area contributed by atoms with Crippen molar-refractivity contribution >= 4 is 23.2 Å². The summed E-state index contributed by atoms with van der Waals surface area (Å²) in [5.74, 6) is -0.325. The van der Waals surface area contributed by atoms with E-state index in [1.807, 2.05) is 57.2 Å². The topological polar surface area (TPSA) is 70.2 Å². The molecule has 2 amide bonds. The van der Waals surface area contributed by atoms with Gasteiger partial charge in [0.1, 0.15) is 0 Å². The van der Waals surface area contributed by atoms with E-state index in [0.29, 0.717) is 11.3 Å². The molecule has 0 radical (unpaired) electrons. The third kappa shape index (κ3) is 5.64. The molecule has 25 heavy (non-hydrogen) atoms. The Morgan fingerprint density at radius 2 is 1.60 bits per heavy atom. The minimum atomic E-state index is -0.247. The number of amides is 2. The minimum Gasteiger partial charge on any atom is -0.376 e. The fourth-order valence-corrected chi connectivity index (χ4v) is 2.24. The van der Waals surface area contributed by atoms with E-state index in [9.17, 15) is 9.59 Å². The van der Waals surface area contributed by atoms with Crippen molar-refractivity contribution in [2.75, 3.05) is 17.2 Å². The van der Waals surface area contributed by atoms with Gasteiger partial charge in [-0.15, -0.1) is 0 Å². The van der Waals surface area contributed by atoms with Crippen molar-refractivity contribution in [1.29, 1.82) is 0 Å². The molecule has 0 spiro atoms. The van der Waals surface area contributed by atoms with Crippen LogP contribution in [0.3, 0.4) is 0 Å². The van der Waals surface area contributed by atoms with Crippen LogP contribution in [0.5, 0.6) is 0 Å². The number of benzene rings is 2. The van der Waals surface area contributed by atoms with Crippen molar-refractivity contribution in [3.63, 3.8) is 0 Å². The first-order valence-corrected chi connectivity index (χ1v) is 8.41. The molecule has 0 aliphatic rings. The number of nitrogens with one attached hydrogen (secondary N) is 3. The highest BCUT2D eigenvalue weighted by atomic mass is 16.2. The highest BCUT2D eigenvalue weighted by molar-refractivity contribution is 6.08. The van der Waals surface area contributed by atoms with Crippen LogP contribution in [0.25, 0.3) is 0 Å². The summed E-state index contributed by atoms with van der Waals surface area (Å²) in [7, 11) is 0. The third-order valence-corrected chi connectivity index (χ3v) is 4.00. The van der Waals surface area contributed by atoms with Crippen LogP contribution >= 0.6 is 0 Å². The van der Waals surface area contributed by atoms with Gasteiger partial charge in [0.2, 0.25) is 5.91 Å². The third-order valence-electron chi connectivity index (χ3n) is 4.00. The Labute approximate surface area is 148 Å². The molecule has 0 aromatic heterocycles. The summed E-state index contributed by atoms with van der Waals surface area (Å²) in [6.07, 6.45) is 0.842. The summed E-state index contributed by atoms with van der Waals surface area (Å²) in [5, 5.41) is 8.87. The van der Waals surface area contributed by atoms with Crippen LogP contribution in [0.4, 0.5) is 11.4 Å². The van der Waals surface area contributed by atoms with E-state index in [2.05, 4.69) is 16.0 Å². The van der Waals surface area contributed by atoms with Gasteiger partial charge < -0.3 is 16.0 Å². The monoisotopic (exact) mass is 339 g/mol. The van der Waals surface area contributed by atoms with E-state index in [4.69, 9.17) is 0 Å². The van der Waals surface area contributed by atoms with Gasteiger partial charge in [-0.05, 0) is 44.5 Å². The maximum atomic E-state index is 12.5. The lowest BCUT2D eigenvalue weighted by Gasteiger charge is -2.24. The van der Waals surface area contributed by atoms with Crippen molar-refractivity contribution in [3.05, 3.63) is 60.2 Å². The summed E-state index contributed by atoms with van der Waals surface area (Å²) in [6, 6.07) is 16.4. The standard InChI is InChI=1S/C20H25N3O2/c1-4-20(2,3)23-18(24)14-21-17-13-9-8-12-16(17)19(25)22-15-10-6-5-7-11-15/h5-13,21H,4,14H2,1-3H3,(H,22,25)(H,23,24). The second-order valence-electron chi connectivity index (χ2n) is 6.50. The zero-order valence-electron chi connectivity index (χ0n) is 14.9. The maximum absolute atomic E-state index is 12.5. The first kappa shape index (κ1) is 18.5. The van der Waals surface area contributed by atoms with Gasteiger partial charge >= 0.3 is 0 Å². The molecule has 5 nitrogen and oxygen atoms in total. The van der Waals surface area contributed by atoms with E-state index >= 15 is 0 Å². The highest BCUT2D eigenvalue weighted by Gasteiger charge is 2.18. The van der Waals surface area contributed by atoms with Crippen molar-refractivity contribution in [3.8, 4) is 0 Å². The molecule has 0 saturated heterocycles. The van der Waals surface area contributed by atoms with E-state index in [1.54, 1.807) is 18.2 Å². The van der Waals surface area contributed by atoms with Gasteiger partial charge in [-0.1, -0.05) is 37.3 Å². The SMILES string of the molecule is CCC(C)(C)NC(=O)CNc1ccccc1C(=O)Nc1ccccc1. The van der Waals surface area contributed by atoms with Gasteiger partial charge in [-0.25, -0.2) is 0 Å². The van der Waals surface area contributed by atoms with Crippen LogP contribution in [-0.4, -0.2) is 23.9 Å². The molecule has 132 valence electrons. The van der Waals surface area contributed by atoms with Gasteiger partial charge in [0.25, 0.3) is 5.91 Å². The number of carbonyl (C=O) groups is 2. The summed E-state index contributed by atoms with van der Waals surface area (Å²) in [5.41, 5.74) is 1.60. The number of anilines is 2. The molecule has 3 N–H and O–H groups in total. The average Bonchev–Trinajstić information content (AvgIpc) is 2.60. The Morgan fingerprint density at radius 3 is 2.28 bits per heavy atom. The van der Waals surface area contributed by atoms with Crippen molar-refractivity contribution in [2.24, 2.45) is 0 Å². The lowest BCUT2D eigenvalue weighted by molar-refractivity contribution is -0.121. The molecule has 0 atom stereocenters. The van der Waals surface area contributed by atoms with Gasteiger partial charge in [-0.2, -0.15) is 0 Å². The fourth-order valence-electron chi connectivity index (χ4n) is 2.24. The summed E-state index contributed by atoms with van der Waals surface area (Å²) < 4.78 is 0. The van der Waals surface area contributed by atoms with Crippen LogP contribution in [-0.2, 0) is 4.79 Å².